The molecule has 0 bridgehead atoms. The van der Waals surface area contributed by atoms with Gasteiger partial charge in [0.15, 0.2) is 0 Å². The van der Waals surface area contributed by atoms with E-state index in [0.717, 1.165) is 18.5 Å². The molecule has 1 aromatic carbocycles. The van der Waals surface area contributed by atoms with Gasteiger partial charge in [-0.1, -0.05) is 0 Å². The van der Waals surface area contributed by atoms with Crippen LogP contribution in [0.4, 0.5) is 5.69 Å². The van der Waals surface area contributed by atoms with Crippen LogP contribution in [0, 0.1) is 11.3 Å². The Hall–Kier alpha value is -1.13. The number of nitriles is 1. The molecule has 0 saturated carbocycles. The minimum absolute atomic E-state index is 0.0458. The van der Waals surface area contributed by atoms with Crippen molar-refractivity contribution in [1.82, 2.24) is 5.32 Å². The average molecular weight is 342 g/mol. The van der Waals surface area contributed by atoms with Gasteiger partial charge in [-0.05, 0) is 53.5 Å². The maximum Gasteiger partial charge on any atom is 0.101 e. The van der Waals surface area contributed by atoms with Gasteiger partial charge < -0.3 is 20.9 Å². The fourth-order valence-corrected chi connectivity index (χ4v) is 2.29. The van der Waals surface area contributed by atoms with Crippen molar-refractivity contribution in [2.24, 2.45) is 0 Å². The van der Waals surface area contributed by atoms with Gasteiger partial charge in [0.05, 0.1) is 23.9 Å². The second kappa shape index (κ2) is 8.93. The molecule has 110 valence electrons. The highest BCUT2D eigenvalue weighted by Crippen LogP contribution is 2.27. The standard InChI is InChI=1S/C14H20BrN3O2/c1-2-20-5-3-4-18-13(9-19)10-6-11(8-16)14(17)12(15)7-10/h6-7,13,18-19H,2-5,9,17H2,1H3. The molecule has 1 unspecified atom stereocenters. The van der Waals surface area contributed by atoms with Crippen molar-refractivity contribution in [3.63, 3.8) is 0 Å². The zero-order chi connectivity index (χ0) is 15.0. The monoisotopic (exact) mass is 341 g/mol. The van der Waals surface area contributed by atoms with E-state index in [2.05, 4.69) is 27.3 Å². The summed E-state index contributed by atoms with van der Waals surface area (Å²) in [4.78, 5) is 0. The third kappa shape index (κ3) is 4.76. The summed E-state index contributed by atoms with van der Waals surface area (Å²) < 4.78 is 5.92. The topological polar surface area (TPSA) is 91.3 Å². The van der Waals surface area contributed by atoms with Gasteiger partial charge in [0, 0.05) is 17.7 Å². The van der Waals surface area contributed by atoms with Crippen LogP contribution in [0.15, 0.2) is 16.6 Å². The van der Waals surface area contributed by atoms with E-state index in [1.165, 1.54) is 0 Å². The molecule has 1 atom stereocenters. The molecule has 1 rings (SSSR count). The number of aliphatic hydroxyl groups excluding tert-OH is 1. The van der Waals surface area contributed by atoms with Crippen LogP contribution in [0.2, 0.25) is 0 Å². The largest absolute Gasteiger partial charge is 0.397 e. The lowest BCUT2D eigenvalue weighted by atomic mass is 10.0. The van der Waals surface area contributed by atoms with Gasteiger partial charge in [0.1, 0.15) is 6.07 Å². The minimum atomic E-state index is -0.222. The second-order valence-corrected chi connectivity index (χ2v) is 5.17. The fraction of sp³-hybridized carbons (Fsp3) is 0.500. The van der Waals surface area contributed by atoms with E-state index in [9.17, 15) is 5.11 Å². The maximum absolute atomic E-state index is 9.48. The van der Waals surface area contributed by atoms with E-state index in [1.54, 1.807) is 6.07 Å². The van der Waals surface area contributed by atoms with Crippen molar-refractivity contribution in [3.05, 3.63) is 27.7 Å². The summed E-state index contributed by atoms with van der Waals surface area (Å²) in [6, 6.07) is 5.36. The molecule has 0 fully saturated rings. The Morgan fingerprint density at radius 1 is 1.55 bits per heavy atom. The number of nitrogens with two attached hydrogens (primary N) is 1. The predicted molar refractivity (Wildman–Crippen MR) is 82.2 cm³/mol. The van der Waals surface area contributed by atoms with Crippen LogP contribution in [0.25, 0.3) is 0 Å². The fourth-order valence-electron chi connectivity index (χ4n) is 1.82. The van der Waals surface area contributed by atoms with E-state index in [4.69, 9.17) is 15.7 Å². The third-order valence-electron chi connectivity index (χ3n) is 2.92. The van der Waals surface area contributed by atoms with Crippen LogP contribution >= 0.6 is 15.9 Å². The zero-order valence-corrected chi connectivity index (χ0v) is 13.1. The quantitative estimate of drug-likeness (QED) is 0.496. The van der Waals surface area contributed by atoms with Crippen molar-refractivity contribution in [2.75, 3.05) is 32.1 Å². The predicted octanol–water partition coefficient (Wildman–Crippen LogP) is 1.95. The van der Waals surface area contributed by atoms with E-state index < -0.39 is 0 Å². The number of aliphatic hydroxyl groups is 1. The summed E-state index contributed by atoms with van der Waals surface area (Å²) in [5, 5.41) is 21.8. The van der Waals surface area contributed by atoms with Crippen LogP contribution in [0.5, 0.6) is 0 Å². The van der Waals surface area contributed by atoms with E-state index in [-0.39, 0.29) is 12.6 Å². The number of ether oxygens (including phenoxy) is 1. The highest BCUT2D eigenvalue weighted by Gasteiger charge is 2.13. The number of nitrogens with one attached hydrogen (secondary N) is 1. The Morgan fingerprint density at radius 2 is 2.30 bits per heavy atom. The Balaban J connectivity index is 2.70. The van der Waals surface area contributed by atoms with Gasteiger partial charge in [-0.3, -0.25) is 0 Å². The molecule has 0 aliphatic rings. The van der Waals surface area contributed by atoms with Crippen LogP contribution in [-0.4, -0.2) is 31.5 Å². The third-order valence-corrected chi connectivity index (χ3v) is 3.57. The second-order valence-electron chi connectivity index (χ2n) is 4.32. The lowest BCUT2D eigenvalue weighted by Crippen LogP contribution is -2.26. The lowest BCUT2D eigenvalue weighted by molar-refractivity contribution is 0.142. The van der Waals surface area contributed by atoms with Crippen molar-refractivity contribution < 1.29 is 9.84 Å². The lowest BCUT2D eigenvalue weighted by Gasteiger charge is -2.18. The summed E-state index contributed by atoms with van der Waals surface area (Å²) in [6.45, 7) is 4.04. The van der Waals surface area contributed by atoms with E-state index in [0.29, 0.717) is 28.9 Å². The van der Waals surface area contributed by atoms with Crippen LogP contribution in [-0.2, 0) is 4.74 Å². The van der Waals surface area contributed by atoms with Gasteiger partial charge >= 0.3 is 0 Å². The van der Waals surface area contributed by atoms with Gasteiger partial charge in [0.2, 0.25) is 0 Å². The molecule has 6 heteroatoms. The molecular weight excluding hydrogens is 322 g/mol. The molecular formula is C14H20BrN3O2. The molecule has 4 N–H and O–H groups in total. The smallest absolute Gasteiger partial charge is 0.101 e. The van der Waals surface area contributed by atoms with Crippen LogP contribution < -0.4 is 11.1 Å². The van der Waals surface area contributed by atoms with Crippen molar-refractivity contribution in [3.8, 4) is 6.07 Å². The number of halogens is 1. The van der Waals surface area contributed by atoms with Gasteiger partial charge in [0.25, 0.3) is 0 Å². The highest BCUT2D eigenvalue weighted by atomic mass is 79.9. The van der Waals surface area contributed by atoms with E-state index in [1.807, 2.05) is 13.0 Å². The molecule has 0 amide bonds. The summed E-state index contributed by atoms with van der Waals surface area (Å²) >= 11 is 3.33. The normalized spacial score (nSPS) is 12.1. The molecule has 5 nitrogen and oxygen atoms in total. The minimum Gasteiger partial charge on any atom is -0.397 e. The zero-order valence-electron chi connectivity index (χ0n) is 11.5. The summed E-state index contributed by atoms with van der Waals surface area (Å²) in [5.74, 6) is 0. The number of anilines is 1. The van der Waals surface area contributed by atoms with E-state index >= 15 is 0 Å². The number of nitrogen functional groups attached to an aromatic ring is 1. The number of hydrogen-bond donors (Lipinski definition) is 3. The Kier molecular flexibility index (Phi) is 7.55. The first-order valence-electron chi connectivity index (χ1n) is 6.55. The average Bonchev–Trinajstić information content (AvgIpc) is 2.46. The maximum atomic E-state index is 9.48. The Morgan fingerprint density at radius 3 is 2.90 bits per heavy atom. The summed E-state index contributed by atoms with van der Waals surface area (Å²) in [5.41, 5.74) is 7.45. The summed E-state index contributed by atoms with van der Waals surface area (Å²) in [6.07, 6.45) is 0.867. The molecule has 0 heterocycles. The molecule has 0 radical (unpaired) electrons. The first kappa shape index (κ1) is 16.9. The molecule has 0 saturated heterocycles. The Bertz CT molecular complexity index is 474. The molecule has 0 aliphatic heterocycles. The van der Waals surface area contributed by atoms with Crippen molar-refractivity contribution >= 4 is 21.6 Å². The highest BCUT2D eigenvalue weighted by molar-refractivity contribution is 9.10. The van der Waals surface area contributed by atoms with Crippen LogP contribution in [0.1, 0.15) is 30.5 Å². The Labute approximate surface area is 127 Å². The number of rotatable bonds is 8. The summed E-state index contributed by atoms with van der Waals surface area (Å²) in [7, 11) is 0. The number of hydrogen-bond acceptors (Lipinski definition) is 5. The molecule has 0 aliphatic carbocycles. The first-order valence-corrected chi connectivity index (χ1v) is 7.34. The number of nitrogens with zero attached hydrogens (tertiary/aromatic N) is 1. The van der Waals surface area contributed by atoms with Gasteiger partial charge in [-0.2, -0.15) is 5.26 Å². The number of benzene rings is 1. The first-order chi connectivity index (χ1) is 9.63. The molecule has 0 aromatic heterocycles. The molecule has 0 spiro atoms. The van der Waals surface area contributed by atoms with Crippen molar-refractivity contribution in [1.29, 1.82) is 5.26 Å². The van der Waals surface area contributed by atoms with Crippen LogP contribution in [0.3, 0.4) is 0 Å². The SMILES string of the molecule is CCOCCCNC(CO)c1cc(Br)c(N)c(C#N)c1. The van der Waals surface area contributed by atoms with Gasteiger partial charge in [-0.15, -0.1) is 0 Å². The molecule has 1 aromatic rings. The van der Waals surface area contributed by atoms with Crippen molar-refractivity contribution in [2.45, 2.75) is 19.4 Å². The van der Waals surface area contributed by atoms with Gasteiger partial charge in [-0.25, -0.2) is 0 Å². The molecule has 20 heavy (non-hydrogen) atoms.